The van der Waals surface area contributed by atoms with E-state index in [0.717, 1.165) is 56.6 Å². The van der Waals surface area contributed by atoms with E-state index in [1.165, 1.54) is 0 Å². The van der Waals surface area contributed by atoms with E-state index in [4.69, 9.17) is 0 Å². The second kappa shape index (κ2) is 13.5. The van der Waals surface area contributed by atoms with E-state index in [2.05, 4.69) is 125 Å². The molecule has 0 bridgehead atoms. The average molecular weight is 525 g/mol. The molecule has 0 spiro atoms. The van der Waals surface area contributed by atoms with Crippen LogP contribution in [0.15, 0.2) is 0 Å². The SMILES string of the molecule is CC(C)[Si](CB(C[Si](C(C)C)(C(C)C)C(C)C)C[Si](C(C)C)(C(C)C)C(C)C)(C(C)C)C(C)C. The van der Waals surface area contributed by atoms with E-state index in [0.29, 0.717) is 0 Å². The zero-order chi connectivity index (χ0) is 27.4. The molecule has 0 heterocycles. The minimum absolute atomic E-state index is 0.872. The van der Waals surface area contributed by atoms with E-state index >= 15 is 0 Å². The van der Waals surface area contributed by atoms with Gasteiger partial charge >= 0.3 is 0 Å². The molecule has 0 rings (SSSR count). The van der Waals surface area contributed by atoms with Gasteiger partial charge in [-0.25, -0.2) is 0 Å². The van der Waals surface area contributed by atoms with Crippen molar-refractivity contribution in [3.8, 4) is 0 Å². The smallest absolute Gasteiger partial charge is 0.0776 e. The topological polar surface area (TPSA) is 0 Å². The van der Waals surface area contributed by atoms with Crippen molar-refractivity contribution in [2.45, 2.75) is 192 Å². The molecule has 0 fully saturated rings. The van der Waals surface area contributed by atoms with Crippen LogP contribution >= 0.6 is 0 Å². The maximum atomic E-state index is 2.60. The summed E-state index contributed by atoms with van der Waals surface area (Å²) in [6.45, 7) is 47.7. The van der Waals surface area contributed by atoms with Crippen LogP contribution in [0, 0.1) is 0 Å². The van der Waals surface area contributed by atoms with Crippen LogP contribution in [0.3, 0.4) is 0 Å². The molecular formula is C30H69BSi3. The van der Waals surface area contributed by atoms with Gasteiger partial charge in [-0.15, -0.1) is 0 Å². The van der Waals surface area contributed by atoms with Crippen molar-refractivity contribution in [3.63, 3.8) is 0 Å². The molecular weight excluding hydrogens is 455 g/mol. The highest BCUT2D eigenvalue weighted by atomic mass is 28.3. The van der Waals surface area contributed by atoms with Crippen LogP contribution in [0.25, 0.3) is 0 Å². The first kappa shape index (κ1) is 34.7. The predicted molar refractivity (Wildman–Crippen MR) is 173 cm³/mol. The van der Waals surface area contributed by atoms with Gasteiger partial charge in [0, 0.05) is 0 Å². The second-order valence-corrected chi connectivity index (χ2v) is 33.5. The van der Waals surface area contributed by atoms with Gasteiger partial charge in [0.2, 0.25) is 0 Å². The third kappa shape index (κ3) is 6.77. The quantitative estimate of drug-likeness (QED) is 0.187. The Morgan fingerprint density at radius 3 is 0.500 bits per heavy atom. The highest BCUT2D eigenvalue weighted by Crippen LogP contribution is 2.53. The van der Waals surface area contributed by atoms with Crippen molar-refractivity contribution >= 4 is 30.9 Å². The van der Waals surface area contributed by atoms with E-state index in [1.54, 1.807) is 17.8 Å². The number of hydrogen-bond donors (Lipinski definition) is 0. The summed E-state index contributed by atoms with van der Waals surface area (Å²) in [6.07, 6.45) is 0. The Kier molecular flexibility index (Phi) is 13.8. The molecule has 0 atom stereocenters. The van der Waals surface area contributed by atoms with Crippen molar-refractivity contribution < 1.29 is 0 Å². The monoisotopic (exact) mass is 524 g/mol. The molecule has 0 aromatic carbocycles. The molecule has 0 aliphatic carbocycles. The Morgan fingerprint density at radius 1 is 0.294 bits per heavy atom. The minimum atomic E-state index is -1.45. The highest BCUT2D eigenvalue weighted by molar-refractivity contribution is 7.04. The van der Waals surface area contributed by atoms with Gasteiger partial charge in [-0.1, -0.05) is 192 Å². The van der Waals surface area contributed by atoms with Crippen LogP contribution in [0.5, 0.6) is 0 Å². The Bertz CT molecular complexity index is 429. The zero-order valence-electron chi connectivity index (χ0n) is 27.4. The van der Waals surface area contributed by atoms with Gasteiger partial charge in [0.05, 0.1) is 24.2 Å². The van der Waals surface area contributed by atoms with Crippen molar-refractivity contribution in [3.05, 3.63) is 0 Å². The van der Waals surface area contributed by atoms with Crippen molar-refractivity contribution in [2.75, 3.05) is 0 Å². The second-order valence-electron chi connectivity index (χ2n) is 15.2. The molecule has 0 aromatic heterocycles. The summed E-state index contributed by atoms with van der Waals surface area (Å²) in [5.41, 5.74) is 7.85. The van der Waals surface area contributed by atoms with Gasteiger partial charge in [0.15, 0.2) is 0 Å². The Balaban J connectivity index is 7.02. The molecule has 0 nitrogen and oxygen atoms in total. The Labute approximate surface area is 222 Å². The van der Waals surface area contributed by atoms with E-state index in [9.17, 15) is 0 Å². The lowest BCUT2D eigenvalue weighted by atomic mass is 9.56. The molecule has 0 N–H and O–H groups in total. The minimum Gasteiger partial charge on any atom is -0.0776 e. The summed E-state index contributed by atoms with van der Waals surface area (Å²) in [5.74, 6) is 4.76. The fourth-order valence-corrected chi connectivity index (χ4v) is 30.8. The van der Waals surface area contributed by atoms with E-state index < -0.39 is 24.2 Å². The fraction of sp³-hybridized carbons (Fsp3) is 1.00. The zero-order valence-corrected chi connectivity index (χ0v) is 30.4. The maximum absolute atomic E-state index is 2.60. The first-order valence-electron chi connectivity index (χ1n) is 15.3. The highest BCUT2D eigenvalue weighted by Gasteiger charge is 2.52. The summed E-state index contributed by atoms with van der Waals surface area (Å²) < 4.78 is 0. The average Bonchev–Trinajstić information content (AvgIpc) is 2.64. The third-order valence-corrected chi connectivity index (χ3v) is 34.8. The Hall–Kier alpha value is 0.716. The first-order chi connectivity index (χ1) is 15.3. The number of hydrogen-bond acceptors (Lipinski definition) is 0. The van der Waals surface area contributed by atoms with Gasteiger partial charge in [0.25, 0.3) is 0 Å². The normalized spacial score (nSPS) is 14.6. The van der Waals surface area contributed by atoms with Gasteiger partial charge in [-0.3, -0.25) is 0 Å². The molecule has 0 amide bonds. The summed E-state index contributed by atoms with van der Waals surface area (Å²) in [6, 6.07) is 0. The molecule has 34 heavy (non-hydrogen) atoms. The van der Waals surface area contributed by atoms with Crippen LogP contribution in [0.4, 0.5) is 0 Å². The van der Waals surface area contributed by atoms with Crippen LogP contribution in [-0.4, -0.2) is 30.9 Å². The van der Waals surface area contributed by atoms with Crippen LogP contribution < -0.4 is 0 Å². The molecule has 0 saturated carbocycles. The fourth-order valence-electron chi connectivity index (χ4n) is 9.84. The molecule has 0 radical (unpaired) electrons. The lowest BCUT2D eigenvalue weighted by Crippen LogP contribution is -2.56. The molecule has 204 valence electrons. The van der Waals surface area contributed by atoms with Crippen LogP contribution in [0.2, 0.25) is 67.7 Å². The summed E-state index contributed by atoms with van der Waals surface area (Å²) in [5, 5.41) is 0. The third-order valence-electron chi connectivity index (χ3n) is 11.6. The van der Waals surface area contributed by atoms with E-state index in [-0.39, 0.29) is 0 Å². The largest absolute Gasteiger partial charge is 0.131 e. The molecule has 0 unspecified atom stereocenters. The van der Waals surface area contributed by atoms with Gasteiger partial charge in [-0.2, -0.15) is 0 Å². The molecule has 0 aliphatic heterocycles. The number of rotatable bonds is 15. The van der Waals surface area contributed by atoms with Gasteiger partial charge in [0.1, 0.15) is 6.71 Å². The first-order valence-corrected chi connectivity index (χ1v) is 22.6. The summed E-state index contributed by atoms with van der Waals surface area (Å²) in [7, 11) is -4.36. The summed E-state index contributed by atoms with van der Waals surface area (Å²) in [4.78, 5) is 0. The molecule has 0 aliphatic rings. The molecule has 0 saturated heterocycles. The van der Waals surface area contributed by atoms with Crippen molar-refractivity contribution in [1.82, 2.24) is 0 Å². The van der Waals surface area contributed by atoms with Gasteiger partial charge < -0.3 is 0 Å². The lowest BCUT2D eigenvalue weighted by Gasteiger charge is -2.52. The van der Waals surface area contributed by atoms with Crippen molar-refractivity contribution in [2.24, 2.45) is 0 Å². The Morgan fingerprint density at radius 2 is 0.412 bits per heavy atom. The van der Waals surface area contributed by atoms with E-state index in [1.807, 2.05) is 0 Å². The molecule has 4 heteroatoms. The molecule has 0 aromatic rings. The lowest BCUT2D eigenvalue weighted by molar-refractivity contribution is 0.802. The van der Waals surface area contributed by atoms with Gasteiger partial charge in [-0.05, 0) is 0 Å². The predicted octanol–water partition coefficient (Wildman–Crippen LogP) is 12.1. The van der Waals surface area contributed by atoms with Crippen LogP contribution in [-0.2, 0) is 0 Å². The van der Waals surface area contributed by atoms with Crippen molar-refractivity contribution in [1.29, 1.82) is 0 Å². The standard InChI is InChI=1S/C30H69BSi3/c1-22(2)32(23(3)4,24(5)6)19-31(20-33(25(7)8,26(9)10)27(11)12)21-34(28(13)14,29(15)16)30(17)18/h22-30H,19-21H2,1-18H3. The maximum Gasteiger partial charge on any atom is 0.131 e. The summed E-state index contributed by atoms with van der Waals surface area (Å²) >= 11 is 0. The van der Waals surface area contributed by atoms with Crippen LogP contribution in [0.1, 0.15) is 125 Å².